The monoisotopic (exact) mass is 491 g/mol. The summed E-state index contributed by atoms with van der Waals surface area (Å²) in [5, 5.41) is 3.35. The molecule has 0 heterocycles. The Bertz CT molecular complexity index is 1120. The molecule has 0 spiro atoms. The second-order valence-electron chi connectivity index (χ2n) is 11.8. The summed E-state index contributed by atoms with van der Waals surface area (Å²) in [4.78, 5) is 27.7. The van der Waals surface area contributed by atoms with Crippen LogP contribution < -0.4 is 14.8 Å². The van der Waals surface area contributed by atoms with Crippen LogP contribution in [0.1, 0.15) is 79.7 Å². The topological polar surface area (TPSA) is 64.6 Å². The highest BCUT2D eigenvalue weighted by Crippen LogP contribution is 2.61. The molecule has 194 valence electrons. The Kier molecular flexibility index (Phi) is 7.23. The highest BCUT2D eigenvalue weighted by molar-refractivity contribution is 6.00. The fourth-order valence-electron chi connectivity index (χ4n) is 7.36. The van der Waals surface area contributed by atoms with Crippen molar-refractivity contribution in [3.05, 3.63) is 59.2 Å². The maximum absolute atomic E-state index is 14.3. The van der Waals surface area contributed by atoms with Gasteiger partial charge >= 0.3 is 0 Å². The number of carbonyl (C=O) groups is 2. The molecule has 1 amide bonds. The number of aryl methyl sites for hydroxylation is 1. The molecule has 2 aliphatic carbocycles. The summed E-state index contributed by atoms with van der Waals surface area (Å²) >= 11 is 0. The number of nitrogens with one attached hydrogen (secondary N) is 1. The van der Waals surface area contributed by atoms with E-state index in [1.54, 1.807) is 20.3 Å². The lowest BCUT2D eigenvalue weighted by Crippen LogP contribution is -2.60. The van der Waals surface area contributed by atoms with Gasteiger partial charge in [0.1, 0.15) is 11.5 Å². The molecule has 2 aromatic rings. The lowest BCUT2D eigenvalue weighted by Gasteiger charge is -2.60. The molecular formula is C31H41NO4. The number of fused-ring (bicyclic) bond motifs is 1. The Labute approximate surface area is 216 Å². The molecule has 0 radical (unpaired) electrons. The van der Waals surface area contributed by atoms with E-state index in [1.165, 1.54) is 0 Å². The molecule has 1 N–H and O–H groups in total. The van der Waals surface area contributed by atoms with E-state index in [1.807, 2.05) is 43.3 Å². The molecule has 4 rings (SSSR count). The molecule has 2 aliphatic rings. The van der Waals surface area contributed by atoms with Crippen molar-refractivity contribution in [1.82, 2.24) is 5.32 Å². The molecule has 5 nitrogen and oxygen atoms in total. The van der Waals surface area contributed by atoms with E-state index in [4.69, 9.17) is 9.47 Å². The van der Waals surface area contributed by atoms with Gasteiger partial charge in [0, 0.05) is 29.2 Å². The molecular weight excluding hydrogens is 450 g/mol. The minimum Gasteiger partial charge on any atom is -0.497 e. The molecule has 5 atom stereocenters. The summed E-state index contributed by atoms with van der Waals surface area (Å²) < 4.78 is 10.9. The largest absolute Gasteiger partial charge is 0.497 e. The van der Waals surface area contributed by atoms with E-state index in [0.29, 0.717) is 28.5 Å². The zero-order valence-corrected chi connectivity index (χ0v) is 22.8. The van der Waals surface area contributed by atoms with Crippen LogP contribution in [0.4, 0.5) is 0 Å². The Hall–Kier alpha value is -2.82. The Morgan fingerprint density at radius 1 is 0.972 bits per heavy atom. The Morgan fingerprint density at radius 3 is 2.22 bits per heavy atom. The van der Waals surface area contributed by atoms with Crippen molar-refractivity contribution in [3.63, 3.8) is 0 Å². The molecule has 36 heavy (non-hydrogen) atoms. The molecule has 2 saturated carbocycles. The second kappa shape index (κ2) is 9.91. The summed E-state index contributed by atoms with van der Waals surface area (Å²) in [5.41, 5.74) is 2.19. The van der Waals surface area contributed by atoms with Gasteiger partial charge in [-0.25, -0.2) is 0 Å². The number of ketones is 1. The van der Waals surface area contributed by atoms with Gasteiger partial charge in [-0.05, 0) is 72.6 Å². The van der Waals surface area contributed by atoms with Crippen LogP contribution in [0.3, 0.4) is 0 Å². The molecule has 0 aromatic heterocycles. The normalized spacial score (nSPS) is 29.1. The van der Waals surface area contributed by atoms with Crippen molar-refractivity contribution < 1.29 is 19.1 Å². The number of carbonyl (C=O) groups excluding carboxylic acids is 2. The van der Waals surface area contributed by atoms with E-state index in [-0.39, 0.29) is 40.4 Å². The summed E-state index contributed by atoms with van der Waals surface area (Å²) in [6, 6.07) is 13.0. The van der Waals surface area contributed by atoms with E-state index in [9.17, 15) is 9.59 Å². The van der Waals surface area contributed by atoms with E-state index in [0.717, 1.165) is 31.2 Å². The maximum Gasteiger partial charge on any atom is 0.251 e. The third kappa shape index (κ3) is 4.65. The number of Topliss-reactive ketones (excluding diaryl/α,β-unsaturated/α-hetero) is 1. The number of methoxy groups -OCH3 is 2. The highest BCUT2D eigenvalue weighted by Gasteiger charge is 2.58. The maximum atomic E-state index is 14.3. The summed E-state index contributed by atoms with van der Waals surface area (Å²) in [6.07, 6.45) is 4.14. The third-order valence-corrected chi connectivity index (χ3v) is 9.26. The van der Waals surface area contributed by atoms with E-state index >= 15 is 0 Å². The third-order valence-electron chi connectivity index (χ3n) is 9.26. The van der Waals surface area contributed by atoms with Gasteiger partial charge in [-0.1, -0.05) is 52.3 Å². The van der Waals surface area contributed by atoms with Gasteiger partial charge in [-0.15, -0.1) is 0 Å². The van der Waals surface area contributed by atoms with Crippen molar-refractivity contribution in [3.8, 4) is 11.5 Å². The van der Waals surface area contributed by atoms with Crippen molar-refractivity contribution in [2.24, 2.45) is 28.6 Å². The van der Waals surface area contributed by atoms with Crippen LogP contribution in [0.25, 0.3) is 0 Å². The highest BCUT2D eigenvalue weighted by atomic mass is 16.5. The number of amides is 1. The smallest absolute Gasteiger partial charge is 0.251 e. The minimum absolute atomic E-state index is 0.0159. The van der Waals surface area contributed by atoms with Crippen molar-refractivity contribution >= 4 is 11.7 Å². The molecule has 0 aliphatic heterocycles. The first kappa shape index (κ1) is 26.2. The lowest BCUT2D eigenvalue weighted by molar-refractivity contribution is -0.0902. The van der Waals surface area contributed by atoms with Crippen LogP contribution in [0.15, 0.2) is 42.5 Å². The molecule has 0 saturated heterocycles. The SMILES string of the molecule is COc1cc(OC)cc(C(=O)C2C(C)C(NC(=O)c3ccccc3C)CC3C(C)(C)CCCC23C)c1. The number of ether oxygens (including phenoxy) is 2. The van der Waals surface area contributed by atoms with Crippen LogP contribution in [0.2, 0.25) is 0 Å². The van der Waals surface area contributed by atoms with Crippen LogP contribution in [0, 0.1) is 35.5 Å². The first-order valence-electron chi connectivity index (χ1n) is 13.2. The summed E-state index contributed by atoms with van der Waals surface area (Å²) in [5.74, 6) is 1.34. The zero-order chi connectivity index (χ0) is 26.3. The average Bonchev–Trinajstić information content (AvgIpc) is 2.84. The quantitative estimate of drug-likeness (QED) is 0.470. The van der Waals surface area contributed by atoms with Crippen LogP contribution in [0.5, 0.6) is 11.5 Å². The lowest BCUT2D eigenvalue weighted by atomic mass is 9.45. The average molecular weight is 492 g/mol. The Morgan fingerprint density at radius 2 is 1.61 bits per heavy atom. The summed E-state index contributed by atoms with van der Waals surface area (Å²) in [6.45, 7) is 11.1. The van der Waals surface area contributed by atoms with Crippen molar-refractivity contribution in [2.75, 3.05) is 14.2 Å². The molecule has 2 fully saturated rings. The first-order chi connectivity index (χ1) is 17.0. The summed E-state index contributed by atoms with van der Waals surface area (Å²) in [7, 11) is 3.20. The van der Waals surface area contributed by atoms with Crippen molar-refractivity contribution in [1.29, 1.82) is 0 Å². The predicted molar refractivity (Wildman–Crippen MR) is 143 cm³/mol. The fourth-order valence-corrected chi connectivity index (χ4v) is 7.36. The van der Waals surface area contributed by atoms with Gasteiger partial charge in [-0.3, -0.25) is 9.59 Å². The van der Waals surface area contributed by atoms with Gasteiger partial charge in [0.05, 0.1) is 14.2 Å². The van der Waals surface area contributed by atoms with Crippen LogP contribution in [-0.4, -0.2) is 32.0 Å². The van der Waals surface area contributed by atoms with Crippen molar-refractivity contribution in [2.45, 2.75) is 66.3 Å². The number of rotatable bonds is 6. The van der Waals surface area contributed by atoms with Crippen LogP contribution >= 0.6 is 0 Å². The van der Waals surface area contributed by atoms with E-state index < -0.39 is 0 Å². The molecule has 2 aromatic carbocycles. The first-order valence-corrected chi connectivity index (χ1v) is 13.2. The van der Waals surface area contributed by atoms with E-state index in [2.05, 4.69) is 33.0 Å². The Balaban J connectivity index is 1.75. The number of hydrogen-bond donors (Lipinski definition) is 1. The van der Waals surface area contributed by atoms with Gasteiger partial charge in [0.25, 0.3) is 5.91 Å². The van der Waals surface area contributed by atoms with Gasteiger partial charge in [0.2, 0.25) is 0 Å². The zero-order valence-electron chi connectivity index (χ0n) is 22.8. The number of hydrogen-bond acceptors (Lipinski definition) is 4. The predicted octanol–water partition coefficient (Wildman–Crippen LogP) is 6.48. The fraction of sp³-hybridized carbons (Fsp3) is 0.548. The standard InChI is InChI=1S/C31H41NO4/c1-19-11-8-9-12-24(19)29(34)32-25-18-26-30(3,4)13-10-14-31(26,5)27(20(25)2)28(33)21-15-22(35-6)17-23(16-21)36-7/h8-9,11-12,15-17,20,25-27H,10,13-14,18H2,1-7H3,(H,32,34). The van der Waals surface area contributed by atoms with Gasteiger partial charge in [-0.2, -0.15) is 0 Å². The van der Waals surface area contributed by atoms with Gasteiger partial charge < -0.3 is 14.8 Å². The van der Waals surface area contributed by atoms with Crippen LogP contribution in [-0.2, 0) is 0 Å². The molecule has 5 heteroatoms. The molecule has 5 unspecified atom stereocenters. The molecule has 0 bridgehead atoms. The minimum atomic E-state index is -0.227. The number of benzene rings is 2. The second-order valence-corrected chi connectivity index (χ2v) is 11.8. The van der Waals surface area contributed by atoms with Gasteiger partial charge in [0.15, 0.2) is 5.78 Å².